The maximum atomic E-state index is 10.7. The number of rotatable bonds is 13. The summed E-state index contributed by atoms with van der Waals surface area (Å²) in [7, 11) is 0. The molecule has 1 N–H and O–H groups in total. The average molecular weight is 282 g/mol. The zero-order chi connectivity index (χ0) is 15.2. The van der Waals surface area contributed by atoms with E-state index >= 15 is 0 Å². The van der Waals surface area contributed by atoms with Gasteiger partial charge in [-0.3, -0.25) is 4.79 Å². The topological polar surface area (TPSA) is 37.3 Å². The van der Waals surface area contributed by atoms with Gasteiger partial charge < -0.3 is 5.11 Å². The highest BCUT2D eigenvalue weighted by atomic mass is 16.4. The minimum Gasteiger partial charge on any atom is -0.481 e. The number of unbranched alkanes of at least 4 members (excludes halogenated alkanes) is 3. The van der Waals surface area contributed by atoms with Gasteiger partial charge in [0, 0.05) is 0 Å². The monoisotopic (exact) mass is 282 g/mol. The maximum Gasteiger partial charge on any atom is 0.307 e. The molecule has 0 aromatic rings. The predicted molar refractivity (Wildman–Crippen MR) is 86.9 cm³/mol. The molecule has 2 nitrogen and oxygen atoms in total. The summed E-state index contributed by atoms with van der Waals surface area (Å²) in [5.74, 6) is 0.591. The van der Waals surface area contributed by atoms with E-state index in [9.17, 15) is 4.79 Å². The molecule has 0 aliphatic carbocycles. The number of carboxylic acid groups (broad SMARTS) is 1. The van der Waals surface area contributed by atoms with Crippen molar-refractivity contribution in [1.29, 1.82) is 0 Å². The first-order valence-corrected chi connectivity index (χ1v) is 8.54. The van der Waals surface area contributed by atoms with Gasteiger partial charge in [0.2, 0.25) is 0 Å². The molecule has 2 heteroatoms. The molecule has 0 aliphatic heterocycles. The van der Waals surface area contributed by atoms with E-state index in [1.807, 2.05) is 6.08 Å². The average Bonchev–Trinajstić information content (AvgIpc) is 2.43. The quantitative estimate of drug-likeness (QED) is 0.432. The number of carboxylic acids is 1. The molecule has 0 amide bonds. The third-order valence-corrected chi connectivity index (χ3v) is 4.03. The zero-order valence-corrected chi connectivity index (χ0v) is 13.7. The summed E-state index contributed by atoms with van der Waals surface area (Å²) < 4.78 is 0. The van der Waals surface area contributed by atoms with Crippen LogP contribution in [0.5, 0.6) is 0 Å². The van der Waals surface area contributed by atoms with E-state index in [0.29, 0.717) is 5.92 Å². The largest absolute Gasteiger partial charge is 0.481 e. The van der Waals surface area contributed by atoms with Crippen molar-refractivity contribution in [1.82, 2.24) is 0 Å². The van der Waals surface area contributed by atoms with E-state index in [4.69, 9.17) is 5.11 Å². The normalized spacial score (nSPS) is 13.2. The van der Waals surface area contributed by atoms with Crippen molar-refractivity contribution in [3.8, 4) is 0 Å². The summed E-state index contributed by atoms with van der Waals surface area (Å²) in [4.78, 5) is 10.7. The summed E-state index contributed by atoms with van der Waals surface area (Å²) in [6, 6.07) is 0. The standard InChI is InChI=1S/C18H34O2/c1-4-7-11-16(12-8-5-2)17(13-9-6-3)14-10-15-18(19)20/h10,14,16-17H,4-9,11-13,15H2,1-3H3,(H,19,20). The Morgan fingerprint density at radius 2 is 1.45 bits per heavy atom. The molecule has 0 aromatic heterocycles. The Morgan fingerprint density at radius 3 is 1.90 bits per heavy atom. The Balaban J connectivity index is 4.59. The highest BCUT2D eigenvalue weighted by Crippen LogP contribution is 2.29. The van der Waals surface area contributed by atoms with Crippen molar-refractivity contribution in [2.45, 2.75) is 85.0 Å². The van der Waals surface area contributed by atoms with Crippen LogP contribution in [0.1, 0.15) is 85.0 Å². The van der Waals surface area contributed by atoms with Gasteiger partial charge in [-0.15, -0.1) is 0 Å². The molecule has 118 valence electrons. The Kier molecular flexibility index (Phi) is 12.7. The van der Waals surface area contributed by atoms with Crippen molar-refractivity contribution >= 4 is 5.97 Å². The summed E-state index contributed by atoms with van der Waals surface area (Å²) >= 11 is 0. The van der Waals surface area contributed by atoms with Crippen LogP contribution in [0.2, 0.25) is 0 Å². The molecule has 0 radical (unpaired) electrons. The molecule has 0 saturated carbocycles. The molecule has 20 heavy (non-hydrogen) atoms. The van der Waals surface area contributed by atoms with Crippen molar-refractivity contribution in [3.05, 3.63) is 12.2 Å². The van der Waals surface area contributed by atoms with Crippen molar-refractivity contribution in [3.63, 3.8) is 0 Å². The number of carbonyl (C=O) groups is 1. The van der Waals surface area contributed by atoms with E-state index in [0.717, 1.165) is 5.92 Å². The lowest BCUT2D eigenvalue weighted by molar-refractivity contribution is -0.136. The van der Waals surface area contributed by atoms with Gasteiger partial charge in [-0.25, -0.2) is 0 Å². The first-order valence-electron chi connectivity index (χ1n) is 8.54. The molecule has 0 fully saturated rings. The fourth-order valence-corrected chi connectivity index (χ4v) is 2.78. The molecule has 0 spiro atoms. The van der Waals surface area contributed by atoms with Gasteiger partial charge in [-0.2, -0.15) is 0 Å². The fourth-order valence-electron chi connectivity index (χ4n) is 2.78. The van der Waals surface area contributed by atoms with E-state index < -0.39 is 5.97 Å². The van der Waals surface area contributed by atoms with Gasteiger partial charge >= 0.3 is 5.97 Å². The van der Waals surface area contributed by atoms with Crippen LogP contribution in [0, 0.1) is 11.8 Å². The van der Waals surface area contributed by atoms with Gasteiger partial charge in [0.25, 0.3) is 0 Å². The Labute approximate surface area is 125 Å². The van der Waals surface area contributed by atoms with Crippen LogP contribution in [0.15, 0.2) is 12.2 Å². The lowest BCUT2D eigenvalue weighted by Gasteiger charge is -2.25. The number of hydrogen-bond donors (Lipinski definition) is 1. The fraction of sp³-hybridized carbons (Fsp3) is 0.833. The molecular weight excluding hydrogens is 248 g/mol. The summed E-state index contributed by atoms with van der Waals surface area (Å²) in [5, 5.41) is 8.77. The van der Waals surface area contributed by atoms with Crippen LogP contribution in [-0.4, -0.2) is 11.1 Å². The van der Waals surface area contributed by atoms with Crippen molar-refractivity contribution in [2.75, 3.05) is 0 Å². The SMILES string of the molecule is CCCCC(C=CCC(=O)O)C(CCCC)CCCC. The lowest BCUT2D eigenvalue weighted by atomic mass is 9.81. The van der Waals surface area contributed by atoms with Crippen LogP contribution < -0.4 is 0 Å². The van der Waals surface area contributed by atoms with E-state index in [1.54, 1.807) is 0 Å². The van der Waals surface area contributed by atoms with E-state index in [-0.39, 0.29) is 6.42 Å². The molecule has 0 heterocycles. The maximum absolute atomic E-state index is 10.7. The second-order valence-electron chi connectivity index (χ2n) is 5.88. The minimum atomic E-state index is -0.728. The first kappa shape index (κ1) is 19.2. The van der Waals surface area contributed by atoms with Gasteiger partial charge in [0.05, 0.1) is 6.42 Å². The number of hydrogen-bond acceptors (Lipinski definition) is 1. The van der Waals surface area contributed by atoms with Crippen molar-refractivity contribution in [2.24, 2.45) is 11.8 Å². The highest BCUT2D eigenvalue weighted by molar-refractivity contribution is 5.68. The number of allylic oxidation sites excluding steroid dienone is 1. The molecule has 0 saturated heterocycles. The Morgan fingerprint density at radius 1 is 0.950 bits per heavy atom. The van der Waals surface area contributed by atoms with E-state index in [2.05, 4.69) is 26.8 Å². The third-order valence-electron chi connectivity index (χ3n) is 4.03. The van der Waals surface area contributed by atoms with Crippen LogP contribution in [0.4, 0.5) is 0 Å². The smallest absolute Gasteiger partial charge is 0.307 e. The summed E-state index contributed by atoms with van der Waals surface area (Å²) in [6.07, 6.45) is 15.6. The lowest BCUT2D eigenvalue weighted by Crippen LogP contribution is -2.13. The molecule has 0 aromatic carbocycles. The Hall–Kier alpha value is -0.790. The summed E-state index contributed by atoms with van der Waals surface area (Å²) in [5.41, 5.74) is 0. The zero-order valence-electron chi connectivity index (χ0n) is 13.7. The third kappa shape index (κ3) is 10.1. The predicted octanol–water partition coefficient (Wildman–Crippen LogP) is 5.82. The van der Waals surface area contributed by atoms with Crippen molar-refractivity contribution < 1.29 is 9.90 Å². The van der Waals surface area contributed by atoms with Crippen LogP contribution in [-0.2, 0) is 4.79 Å². The number of aliphatic carboxylic acids is 1. The Bertz CT molecular complexity index is 250. The van der Waals surface area contributed by atoms with Gasteiger partial charge in [0.15, 0.2) is 0 Å². The van der Waals surface area contributed by atoms with Gasteiger partial charge in [-0.1, -0.05) is 71.4 Å². The van der Waals surface area contributed by atoms with Crippen LogP contribution >= 0.6 is 0 Å². The minimum absolute atomic E-state index is 0.164. The molecule has 1 atom stereocenters. The van der Waals surface area contributed by atoms with Crippen LogP contribution in [0.25, 0.3) is 0 Å². The van der Waals surface area contributed by atoms with Gasteiger partial charge in [0.1, 0.15) is 0 Å². The first-order chi connectivity index (χ1) is 9.65. The molecule has 0 aliphatic rings. The molecule has 0 bridgehead atoms. The molecule has 0 rings (SSSR count). The van der Waals surface area contributed by atoms with Crippen LogP contribution in [0.3, 0.4) is 0 Å². The van der Waals surface area contributed by atoms with E-state index in [1.165, 1.54) is 57.8 Å². The second-order valence-corrected chi connectivity index (χ2v) is 5.88. The highest BCUT2D eigenvalue weighted by Gasteiger charge is 2.17. The second kappa shape index (κ2) is 13.2. The van der Waals surface area contributed by atoms with Gasteiger partial charge in [-0.05, 0) is 31.1 Å². The molecule has 1 unspecified atom stereocenters. The summed E-state index contributed by atoms with van der Waals surface area (Å²) in [6.45, 7) is 6.72. The molecular formula is C18H34O2.